The molecule has 0 bridgehead atoms. The quantitative estimate of drug-likeness (QED) is 0.513. The number of nitrogens with zero attached hydrogens (tertiary/aromatic N) is 2. The van der Waals surface area contributed by atoms with Gasteiger partial charge in [0.25, 0.3) is 0 Å². The summed E-state index contributed by atoms with van der Waals surface area (Å²) in [6.45, 7) is 3.29. The molecule has 1 fully saturated rings. The Kier molecular flexibility index (Phi) is 2.61. The molecule has 1 aliphatic rings. The highest BCUT2D eigenvalue weighted by Gasteiger charge is 2.21. The van der Waals surface area contributed by atoms with E-state index < -0.39 is 0 Å². The van der Waals surface area contributed by atoms with Crippen molar-refractivity contribution < 1.29 is 14.5 Å². The minimum Gasteiger partial charge on any atom is -0.308 e. The second-order valence-corrected chi connectivity index (χ2v) is 2.49. The van der Waals surface area contributed by atoms with E-state index in [1.165, 1.54) is 18.7 Å². The summed E-state index contributed by atoms with van der Waals surface area (Å²) in [5.41, 5.74) is 2.46. The highest BCUT2D eigenvalue weighted by molar-refractivity contribution is 5.75. The van der Waals surface area contributed by atoms with Gasteiger partial charge >= 0.3 is 0 Å². The molecule has 12 heavy (non-hydrogen) atoms. The van der Waals surface area contributed by atoms with E-state index >= 15 is 0 Å². The topological polar surface area (TPSA) is 61.9 Å². The summed E-state index contributed by atoms with van der Waals surface area (Å²) in [4.78, 5) is 27.9. The van der Waals surface area contributed by atoms with Crippen LogP contribution in [0.15, 0.2) is 0 Å². The van der Waals surface area contributed by atoms with Gasteiger partial charge in [-0.05, 0) is 0 Å². The number of rotatable bonds is 0. The monoisotopic (exact) mass is 173 g/mol. The maximum atomic E-state index is 10.9. The standard InChI is InChI=1S/C6H11N3O3/c1-5(10)8-3-7-12-9(4-8)6(2)11/h7H,3-4H2,1-2H3. The van der Waals surface area contributed by atoms with Crippen molar-refractivity contribution in [1.82, 2.24) is 15.4 Å². The summed E-state index contributed by atoms with van der Waals surface area (Å²) in [5.74, 6) is -0.342. The van der Waals surface area contributed by atoms with E-state index in [2.05, 4.69) is 5.48 Å². The smallest absolute Gasteiger partial charge is 0.246 e. The molecule has 1 heterocycles. The zero-order valence-electron chi connectivity index (χ0n) is 7.03. The number of carbonyl (C=O) groups excluding carboxylic acids is 2. The first-order chi connectivity index (χ1) is 5.61. The van der Waals surface area contributed by atoms with Gasteiger partial charge in [0, 0.05) is 13.8 Å². The van der Waals surface area contributed by atoms with Crippen LogP contribution in [0.1, 0.15) is 13.8 Å². The van der Waals surface area contributed by atoms with Crippen LogP contribution in [0.25, 0.3) is 0 Å². The van der Waals surface area contributed by atoms with E-state index in [-0.39, 0.29) is 18.5 Å². The number of hydroxylamine groups is 3. The maximum absolute atomic E-state index is 10.9. The van der Waals surface area contributed by atoms with Gasteiger partial charge < -0.3 is 4.90 Å². The molecule has 0 atom stereocenters. The summed E-state index contributed by atoms with van der Waals surface area (Å²) < 4.78 is 0. The van der Waals surface area contributed by atoms with Crippen LogP contribution in [0.5, 0.6) is 0 Å². The summed E-state index contributed by atoms with van der Waals surface area (Å²) in [6.07, 6.45) is 0. The van der Waals surface area contributed by atoms with Gasteiger partial charge in [0.1, 0.15) is 6.67 Å². The van der Waals surface area contributed by atoms with Gasteiger partial charge in [-0.3, -0.25) is 9.59 Å². The average Bonchev–Trinajstić information content (AvgIpc) is 2.04. The number of hydrogen-bond acceptors (Lipinski definition) is 4. The number of amides is 2. The third kappa shape index (κ3) is 1.93. The Bertz CT molecular complexity index is 186. The molecule has 0 saturated carbocycles. The molecule has 68 valence electrons. The Morgan fingerprint density at radius 2 is 2.00 bits per heavy atom. The molecule has 0 aromatic carbocycles. The number of hydrogen-bond donors (Lipinski definition) is 1. The van der Waals surface area contributed by atoms with Crippen molar-refractivity contribution in [3.05, 3.63) is 0 Å². The van der Waals surface area contributed by atoms with Gasteiger partial charge in [-0.25, -0.2) is 0 Å². The summed E-state index contributed by atoms with van der Waals surface area (Å²) in [6, 6.07) is 0. The molecule has 1 aliphatic heterocycles. The van der Waals surface area contributed by atoms with Gasteiger partial charge in [0.05, 0.1) is 6.67 Å². The molecule has 0 spiro atoms. The molecule has 0 radical (unpaired) electrons. The van der Waals surface area contributed by atoms with E-state index in [1.54, 1.807) is 0 Å². The number of carbonyl (C=O) groups is 2. The third-order valence-corrected chi connectivity index (χ3v) is 1.53. The van der Waals surface area contributed by atoms with Crippen molar-refractivity contribution in [2.24, 2.45) is 0 Å². The molecular formula is C6H11N3O3. The lowest BCUT2D eigenvalue weighted by Crippen LogP contribution is -2.54. The summed E-state index contributed by atoms with van der Waals surface area (Å²) in [5, 5.41) is 1.07. The molecule has 0 aromatic rings. The van der Waals surface area contributed by atoms with Crippen LogP contribution in [-0.4, -0.2) is 35.1 Å². The van der Waals surface area contributed by atoms with Gasteiger partial charge in [-0.15, -0.1) is 0 Å². The van der Waals surface area contributed by atoms with Gasteiger partial charge in [-0.2, -0.15) is 15.5 Å². The fraction of sp³-hybridized carbons (Fsp3) is 0.667. The van der Waals surface area contributed by atoms with Crippen molar-refractivity contribution in [3.63, 3.8) is 0 Å². The highest BCUT2D eigenvalue weighted by atomic mass is 16.8. The van der Waals surface area contributed by atoms with Crippen LogP contribution in [0, 0.1) is 0 Å². The largest absolute Gasteiger partial charge is 0.308 e. The van der Waals surface area contributed by atoms with E-state index in [9.17, 15) is 9.59 Å². The predicted octanol–water partition coefficient (Wildman–Crippen LogP) is -0.952. The van der Waals surface area contributed by atoms with Gasteiger partial charge in [0.2, 0.25) is 11.8 Å². The van der Waals surface area contributed by atoms with Crippen LogP contribution in [0.3, 0.4) is 0 Å². The predicted molar refractivity (Wildman–Crippen MR) is 39.0 cm³/mol. The normalized spacial score (nSPS) is 17.8. The molecule has 1 N–H and O–H groups in total. The van der Waals surface area contributed by atoms with Crippen molar-refractivity contribution in [3.8, 4) is 0 Å². The Balaban J connectivity index is 2.51. The van der Waals surface area contributed by atoms with Gasteiger partial charge in [-0.1, -0.05) is 0 Å². The van der Waals surface area contributed by atoms with Crippen LogP contribution < -0.4 is 5.48 Å². The second kappa shape index (κ2) is 3.51. The molecular weight excluding hydrogens is 162 g/mol. The van der Waals surface area contributed by atoms with E-state index in [0.29, 0.717) is 6.67 Å². The fourth-order valence-electron chi connectivity index (χ4n) is 0.793. The minimum atomic E-state index is -0.242. The third-order valence-electron chi connectivity index (χ3n) is 1.53. The van der Waals surface area contributed by atoms with Crippen molar-refractivity contribution in [2.45, 2.75) is 13.8 Å². The molecule has 6 heteroatoms. The Morgan fingerprint density at radius 3 is 2.50 bits per heavy atom. The molecule has 0 aromatic heterocycles. The van der Waals surface area contributed by atoms with E-state index in [4.69, 9.17) is 4.94 Å². The van der Waals surface area contributed by atoms with E-state index in [1.807, 2.05) is 0 Å². The van der Waals surface area contributed by atoms with Crippen molar-refractivity contribution >= 4 is 11.8 Å². The van der Waals surface area contributed by atoms with Crippen molar-refractivity contribution in [2.75, 3.05) is 13.3 Å². The minimum absolute atomic E-state index is 0.1000. The lowest BCUT2D eigenvalue weighted by atomic mass is 10.5. The lowest BCUT2D eigenvalue weighted by Gasteiger charge is -2.33. The van der Waals surface area contributed by atoms with Crippen molar-refractivity contribution in [1.29, 1.82) is 0 Å². The molecule has 2 amide bonds. The number of nitrogens with one attached hydrogen (secondary N) is 1. The lowest BCUT2D eigenvalue weighted by molar-refractivity contribution is -0.255. The maximum Gasteiger partial charge on any atom is 0.246 e. The zero-order valence-corrected chi connectivity index (χ0v) is 7.03. The van der Waals surface area contributed by atoms with Gasteiger partial charge in [0.15, 0.2) is 0 Å². The Labute approximate surface area is 70.0 Å². The molecule has 1 saturated heterocycles. The van der Waals surface area contributed by atoms with Crippen LogP contribution in [0.2, 0.25) is 0 Å². The Hall–Kier alpha value is -1.14. The molecule has 6 nitrogen and oxygen atoms in total. The van der Waals surface area contributed by atoms with Crippen LogP contribution in [0.4, 0.5) is 0 Å². The first kappa shape index (κ1) is 8.95. The molecule has 0 aliphatic carbocycles. The summed E-state index contributed by atoms with van der Waals surface area (Å²) in [7, 11) is 0. The SMILES string of the molecule is CC(=O)N1CNON(C(C)=O)C1. The van der Waals surface area contributed by atoms with E-state index in [0.717, 1.165) is 5.06 Å². The first-order valence-corrected chi connectivity index (χ1v) is 3.54. The first-order valence-electron chi connectivity index (χ1n) is 3.54. The fourth-order valence-corrected chi connectivity index (χ4v) is 0.793. The zero-order chi connectivity index (χ0) is 9.14. The summed E-state index contributed by atoms with van der Waals surface area (Å²) >= 11 is 0. The van der Waals surface area contributed by atoms with Crippen LogP contribution in [-0.2, 0) is 14.5 Å². The second-order valence-electron chi connectivity index (χ2n) is 2.49. The Morgan fingerprint density at radius 1 is 1.33 bits per heavy atom. The van der Waals surface area contributed by atoms with Crippen LogP contribution >= 0.6 is 0 Å². The molecule has 1 rings (SSSR count). The average molecular weight is 173 g/mol. The highest BCUT2D eigenvalue weighted by Crippen LogP contribution is 2.00. The molecule has 0 unspecified atom stereocenters.